The standard InChI is InChI=1S/C17H28N4OS.2ClH/c1-12-19-15(10-23-12)9-21-7-5-13(6-8-21)16(22)20-17(2,11-18)14-3-4-14;;/h10,13-14H,3-9,11,18H2,1-2H3,(H,20,22);2*1H. The monoisotopic (exact) mass is 408 g/mol. The maximum Gasteiger partial charge on any atom is 0.223 e. The first-order valence-electron chi connectivity index (χ1n) is 8.65. The number of nitrogens with one attached hydrogen (secondary N) is 1. The number of piperidine rings is 1. The topological polar surface area (TPSA) is 71.2 Å². The smallest absolute Gasteiger partial charge is 0.223 e. The van der Waals surface area contributed by atoms with Crippen molar-refractivity contribution in [1.82, 2.24) is 15.2 Å². The van der Waals surface area contributed by atoms with Crippen LogP contribution < -0.4 is 11.1 Å². The van der Waals surface area contributed by atoms with Gasteiger partial charge < -0.3 is 11.1 Å². The predicted molar refractivity (Wildman–Crippen MR) is 108 cm³/mol. The summed E-state index contributed by atoms with van der Waals surface area (Å²) in [6, 6.07) is 0. The Balaban J connectivity index is 0.00000156. The molecule has 0 aromatic carbocycles. The quantitative estimate of drug-likeness (QED) is 0.758. The minimum Gasteiger partial charge on any atom is -0.349 e. The molecule has 3 rings (SSSR count). The van der Waals surface area contributed by atoms with Crippen LogP contribution in [0.25, 0.3) is 0 Å². The third-order valence-corrected chi connectivity index (χ3v) is 6.14. The first-order valence-corrected chi connectivity index (χ1v) is 9.53. The zero-order chi connectivity index (χ0) is 16.4. The number of likely N-dealkylation sites (tertiary alicyclic amines) is 1. The van der Waals surface area contributed by atoms with Crippen molar-refractivity contribution in [3.63, 3.8) is 0 Å². The second kappa shape index (κ2) is 9.51. The van der Waals surface area contributed by atoms with Crippen molar-refractivity contribution in [1.29, 1.82) is 0 Å². The molecule has 5 nitrogen and oxygen atoms in total. The van der Waals surface area contributed by atoms with Gasteiger partial charge in [0.15, 0.2) is 0 Å². The van der Waals surface area contributed by atoms with Gasteiger partial charge in [0.2, 0.25) is 5.91 Å². The molecule has 0 radical (unpaired) electrons. The molecule has 25 heavy (non-hydrogen) atoms. The molecule has 1 aliphatic carbocycles. The number of nitrogens with two attached hydrogens (primary N) is 1. The SMILES string of the molecule is Cc1nc(CN2CCC(C(=O)NC(C)(CN)C3CC3)CC2)cs1.Cl.Cl. The molecule has 144 valence electrons. The average molecular weight is 409 g/mol. The lowest BCUT2D eigenvalue weighted by atomic mass is 9.91. The van der Waals surface area contributed by atoms with Crippen molar-refractivity contribution in [2.75, 3.05) is 19.6 Å². The maximum atomic E-state index is 12.6. The van der Waals surface area contributed by atoms with E-state index in [4.69, 9.17) is 5.73 Å². The van der Waals surface area contributed by atoms with Crippen molar-refractivity contribution in [2.24, 2.45) is 17.6 Å². The van der Waals surface area contributed by atoms with Crippen LogP contribution in [0.4, 0.5) is 0 Å². The zero-order valence-corrected chi connectivity index (χ0v) is 17.4. The molecule has 1 amide bonds. The Bertz CT molecular complexity index is 559. The van der Waals surface area contributed by atoms with Crippen LogP contribution in [0.5, 0.6) is 0 Å². The second-order valence-corrected chi connectivity index (χ2v) is 8.36. The van der Waals surface area contributed by atoms with E-state index in [0.29, 0.717) is 12.5 Å². The molecule has 1 atom stereocenters. The van der Waals surface area contributed by atoms with E-state index in [0.717, 1.165) is 43.2 Å². The molecule has 0 bridgehead atoms. The van der Waals surface area contributed by atoms with E-state index < -0.39 is 0 Å². The molecule has 0 spiro atoms. The van der Waals surface area contributed by atoms with Gasteiger partial charge in [-0.05, 0) is 58.5 Å². The molecule has 1 saturated carbocycles. The Morgan fingerprint density at radius 3 is 2.48 bits per heavy atom. The molecule has 3 N–H and O–H groups in total. The van der Waals surface area contributed by atoms with Crippen molar-refractivity contribution in [2.45, 2.75) is 51.6 Å². The number of thiazole rings is 1. The number of hydrogen-bond donors (Lipinski definition) is 2. The van der Waals surface area contributed by atoms with Gasteiger partial charge in [-0.15, -0.1) is 36.2 Å². The molecule has 1 aliphatic heterocycles. The maximum absolute atomic E-state index is 12.6. The lowest BCUT2D eigenvalue weighted by molar-refractivity contribution is -0.128. The van der Waals surface area contributed by atoms with Gasteiger partial charge >= 0.3 is 0 Å². The number of nitrogens with zero attached hydrogens (tertiary/aromatic N) is 2. The Labute approximate surface area is 167 Å². The molecule has 1 aromatic rings. The van der Waals surface area contributed by atoms with Gasteiger partial charge in [-0.2, -0.15) is 0 Å². The Morgan fingerprint density at radius 2 is 2.00 bits per heavy atom. The van der Waals surface area contributed by atoms with Gasteiger partial charge in [-0.1, -0.05) is 0 Å². The number of halogens is 2. The molecule has 8 heteroatoms. The van der Waals surface area contributed by atoms with Gasteiger partial charge in [0.25, 0.3) is 0 Å². The van der Waals surface area contributed by atoms with Crippen LogP contribution in [-0.2, 0) is 11.3 Å². The van der Waals surface area contributed by atoms with Crippen LogP contribution in [-0.4, -0.2) is 41.0 Å². The fourth-order valence-corrected chi connectivity index (χ4v) is 4.09. The highest BCUT2D eigenvalue weighted by atomic mass is 35.5. The molecule has 2 aliphatic rings. The fourth-order valence-electron chi connectivity index (χ4n) is 3.49. The van der Waals surface area contributed by atoms with E-state index in [-0.39, 0.29) is 42.2 Å². The summed E-state index contributed by atoms with van der Waals surface area (Å²) < 4.78 is 0. The second-order valence-electron chi connectivity index (χ2n) is 7.29. The minimum absolute atomic E-state index is 0. The molecular formula is C17H30Cl2N4OS. The normalized spacial score (nSPS) is 20.9. The number of amides is 1. The number of carbonyl (C=O) groups excluding carboxylic acids is 1. The molecule has 2 heterocycles. The molecule has 1 unspecified atom stereocenters. The summed E-state index contributed by atoms with van der Waals surface area (Å²) in [5.41, 5.74) is 6.86. The van der Waals surface area contributed by atoms with Gasteiger partial charge in [0, 0.05) is 24.4 Å². The van der Waals surface area contributed by atoms with Crippen LogP contribution in [0.2, 0.25) is 0 Å². The first kappa shape index (κ1) is 22.6. The summed E-state index contributed by atoms with van der Waals surface area (Å²) in [5, 5.41) is 6.51. The third-order valence-electron chi connectivity index (χ3n) is 5.32. The summed E-state index contributed by atoms with van der Waals surface area (Å²) in [7, 11) is 0. The van der Waals surface area contributed by atoms with Crippen molar-refractivity contribution >= 4 is 42.1 Å². The van der Waals surface area contributed by atoms with E-state index in [9.17, 15) is 4.79 Å². The van der Waals surface area contributed by atoms with Crippen LogP contribution >= 0.6 is 36.2 Å². The van der Waals surface area contributed by atoms with E-state index in [2.05, 4.69) is 27.5 Å². The zero-order valence-electron chi connectivity index (χ0n) is 15.0. The number of hydrogen-bond acceptors (Lipinski definition) is 5. The third kappa shape index (κ3) is 5.79. The number of rotatable bonds is 6. The summed E-state index contributed by atoms with van der Waals surface area (Å²) in [6.07, 6.45) is 4.25. The first-order chi connectivity index (χ1) is 11.0. The lowest BCUT2D eigenvalue weighted by Crippen LogP contribution is -2.55. The van der Waals surface area contributed by atoms with Gasteiger partial charge in [0.1, 0.15) is 0 Å². The summed E-state index contributed by atoms with van der Waals surface area (Å²) >= 11 is 1.70. The molecular weight excluding hydrogens is 379 g/mol. The fraction of sp³-hybridized carbons (Fsp3) is 0.765. The van der Waals surface area contributed by atoms with E-state index in [1.165, 1.54) is 12.8 Å². The van der Waals surface area contributed by atoms with Crippen LogP contribution in [0.3, 0.4) is 0 Å². The number of aryl methyl sites for hydroxylation is 1. The largest absolute Gasteiger partial charge is 0.349 e. The van der Waals surface area contributed by atoms with Gasteiger partial charge in [0.05, 0.1) is 16.2 Å². The molecule has 1 saturated heterocycles. The lowest BCUT2D eigenvalue weighted by Gasteiger charge is -2.35. The highest BCUT2D eigenvalue weighted by molar-refractivity contribution is 7.09. The summed E-state index contributed by atoms with van der Waals surface area (Å²) in [6.45, 7) is 7.52. The van der Waals surface area contributed by atoms with Crippen molar-refractivity contribution in [3.05, 3.63) is 16.1 Å². The molecule has 2 fully saturated rings. The van der Waals surface area contributed by atoms with E-state index in [1.54, 1.807) is 11.3 Å². The Kier molecular flexibility index (Phi) is 8.61. The van der Waals surface area contributed by atoms with Crippen LogP contribution in [0.15, 0.2) is 5.38 Å². The Morgan fingerprint density at radius 1 is 1.36 bits per heavy atom. The van der Waals surface area contributed by atoms with Gasteiger partial charge in [-0.25, -0.2) is 4.98 Å². The summed E-state index contributed by atoms with van der Waals surface area (Å²) in [4.78, 5) is 19.5. The summed E-state index contributed by atoms with van der Waals surface area (Å²) in [5.74, 6) is 0.909. The highest BCUT2D eigenvalue weighted by Crippen LogP contribution is 2.39. The van der Waals surface area contributed by atoms with E-state index in [1.807, 2.05) is 6.92 Å². The Hall–Kier alpha value is -0.400. The minimum atomic E-state index is -0.202. The van der Waals surface area contributed by atoms with Crippen LogP contribution in [0, 0.1) is 18.8 Å². The average Bonchev–Trinajstić information content (AvgIpc) is 3.32. The number of carbonyl (C=O) groups is 1. The highest BCUT2D eigenvalue weighted by Gasteiger charge is 2.42. The van der Waals surface area contributed by atoms with E-state index >= 15 is 0 Å². The van der Waals surface area contributed by atoms with Crippen LogP contribution in [0.1, 0.15) is 43.3 Å². The molecule has 1 aromatic heterocycles. The van der Waals surface area contributed by atoms with Gasteiger partial charge in [-0.3, -0.25) is 9.69 Å². The number of aromatic nitrogens is 1. The van der Waals surface area contributed by atoms with Crippen molar-refractivity contribution < 1.29 is 4.79 Å². The van der Waals surface area contributed by atoms with Crippen molar-refractivity contribution in [3.8, 4) is 0 Å². The predicted octanol–water partition coefficient (Wildman–Crippen LogP) is 2.75.